The van der Waals surface area contributed by atoms with Crippen LogP contribution in [0, 0.1) is 0 Å². The molecule has 18 heavy (non-hydrogen) atoms. The van der Waals surface area contributed by atoms with E-state index in [0.29, 0.717) is 13.8 Å². The van der Waals surface area contributed by atoms with Gasteiger partial charge >= 0.3 is 5.97 Å². The standard InChI is InChI=1S/C10H8BrN3O2S2/c1-2-7-13-10(18-14-7)17-8-6(9(15)16)3-5(11)4-12-8/h3-4H,2H2,1H3,(H,15,16). The Labute approximate surface area is 120 Å². The number of nitrogens with zero attached hydrogens (tertiary/aromatic N) is 3. The normalized spacial score (nSPS) is 10.6. The highest BCUT2D eigenvalue weighted by Crippen LogP contribution is 2.31. The van der Waals surface area contributed by atoms with Crippen molar-refractivity contribution in [2.24, 2.45) is 0 Å². The number of halogens is 1. The summed E-state index contributed by atoms with van der Waals surface area (Å²) in [7, 11) is 0. The first kappa shape index (κ1) is 13.4. The number of carboxylic acid groups (broad SMARTS) is 1. The Hall–Kier alpha value is -0.990. The van der Waals surface area contributed by atoms with E-state index in [0.717, 1.165) is 12.2 Å². The SMILES string of the molecule is CCc1nsc(Sc2ncc(Br)cc2C(=O)O)n1. The zero-order valence-electron chi connectivity index (χ0n) is 9.25. The lowest BCUT2D eigenvalue weighted by Gasteiger charge is -2.02. The van der Waals surface area contributed by atoms with Crippen molar-refractivity contribution in [1.82, 2.24) is 14.3 Å². The molecule has 0 spiro atoms. The van der Waals surface area contributed by atoms with Gasteiger partial charge in [-0.1, -0.05) is 6.92 Å². The first-order chi connectivity index (χ1) is 8.60. The maximum Gasteiger partial charge on any atom is 0.338 e. The quantitative estimate of drug-likeness (QED) is 0.917. The number of aromatic nitrogens is 3. The van der Waals surface area contributed by atoms with Gasteiger partial charge in [-0.15, -0.1) is 0 Å². The van der Waals surface area contributed by atoms with E-state index in [1.165, 1.54) is 29.4 Å². The van der Waals surface area contributed by atoms with Crippen molar-refractivity contribution in [3.63, 3.8) is 0 Å². The van der Waals surface area contributed by atoms with Crippen LogP contribution in [-0.4, -0.2) is 25.4 Å². The molecular formula is C10H8BrN3O2S2. The molecule has 0 saturated carbocycles. The van der Waals surface area contributed by atoms with Crippen molar-refractivity contribution in [3.05, 3.63) is 28.1 Å². The lowest BCUT2D eigenvalue weighted by molar-refractivity contribution is 0.0692. The minimum Gasteiger partial charge on any atom is -0.478 e. The average Bonchev–Trinajstić information content (AvgIpc) is 2.79. The van der Waals surface area contributed by atoms with Crippen molar-refractivity contribution in [3.8, 4) is 0 Å². The van der Waals surface area contributed by atoms with Crippen LogP contribution in [0.4, 0.5) is 0 Å². The minimum atomic E-state index is -1.01. The van der Waals surface area contributed by atoms with Crippen LogP contribution in [0.3, 0.4) is 0 Å². The number of carbonyl (C=O) groups is 1. The molecule has 0 aliphatic rings. The number of aryl methyl sites for hydroxylation is 1. The van der Waals surface area contributed by atoms with Crippen LogP contribution in [0.1, 0.15) is 23.1 Å². The largest absolute Gasteiger partial charge is 0.478 e. The van der Waals surface area contributed by atoms with Gasteiger partial charge in [-0.2, -0.15) is 4.37 Å². The molecule has 8 heteroatoms. The summed E-state index contributed by atoms with van der Waals surface area (Å²) in [4.78, 5) is 19.5. The van der Waals surface area contributed by atoms with Gasteiger partial charge in [0.15, 0.2) is 4.34 Å². The van der Waals surface area contributed by atoms with Gasteiger partial charge in [0.05, 0.1) is 5.56 Å². The Balaban J connectivity index is 2.30. The fourth-order valence-electron chi connectivity index (χ4n) is 1.17. The molecular weight excluding hydrogens is 338 g/mol. The Bertz CT molecular complexity index is 588. The molecule has 0 saturated heterocycles. The van der Waals surface area contributed by atoms with Gasteiger partial charge in [-0.05, 0) is 45.3 Å². The molecule has 0 aromatic carbocycles. The van der Waals surface area contributed by atoms with Crippen molar-refractivity contribution in [2.75, 3.05) is 0 Å². The summed E-state index contributed by atoms with van der Waals surface area (Å²) in [6.07, 6.45) is 2.33. The second kappa shape index (κ2) is 5.77. The number of carboxylic acids is 1. The van der Waals surface area contributed by atoms with E-state index in [9.17, 15) is 4.79 Å². The smallest absolute Gasteiger partial charge is 0.338 e. The van der Waals surface area contributed by atoms with Gasteiger partial charge < -0.3 is 5.11 Å². The molecule has 0 atom stereocenters. The summed E-state index contributed by atoms with van der Waals surface area (Å²) in [6, 6.07) is 1.53. The minimum absolute atomic E-state index is 0.155. The molecule has 0 aliphatic heterocycles. The molecule has 0 amide bonds. The molecule has 2 aromatic rings. The molecule has 1 N–H and O–H groups in total. The van der Waals surface area contributed by atoms with E-state index in [-0.39, 0.29) is 5.56 Å². The Morgan fingerprint density at radius 1 is 1.61 bits per heavy atom. The zero-order chi connectivity index (χ0) is 13.1. The van der Waals surface area contributed by atoms with Crippen LogP contribution in [0.25, 0.3) is 0 Å². The van der Waals surface area contributed by atoms with E-state index in [1.807, 2.05) is 6.92 Å². The van der Waals surface area contributed by atoms with Crippen LogP contribution >= 0.6 is 39.2 Å². The highest BCUT2D eigenvalue weighted by Gasteiger charge is 2.15. The van der Waals surface area contributed by atoms with E-state index >= 15 is 0 Å². The van der Waals surface area contributed by atoms with Gasteiger partial charge in [0.25, 0.3) is 0 Å². The third-order valence-corrected chi connectivity index (χ3v) is 4.24. The van der Waals surface area contributed by atoms with Crippen molar-refractivity contribution in [1.29, 1.82) is 0 Å². The lowest BCUT2D eigenvalue weighted by atomic mass is 10.3. The molecule has 0 bridgehead atoms. The molecule has 94 valence electrons. The Morgan fingerprint density at radius 3 is 3.00 bits per heavy atom. The van der Waals surface area contributed by atoms with E-state index in [2.05, 4.69) is 30.3 Å². The first-order valence-corrected chi connectivity index (χ1v) is 7.37. The summed E-state index contributed by atoms with van der Waals surface area (Å²) in [5, 5.41) is 9.53. The molecule has 2 aromatic heterocycles. The number of rotatable bonds is 4. The Kier molecular flexibility index (Phi) is 4.31. The summed E-state index contributed by atoms with van der Waals surface area (Å²) in [5.74, 6) is -0.247. The van der Waals surface area contributed by atoms with Crippen LogP contribution in [-0.2, 0) is 6.42 Å². The molecule has 5 nitrogen and oxygen atoms in total. The van der Waals surface area contributed by atoms with Crippen molar-refractivity contribution < 1.29 is 9.90 Å². The molecule has 0 unspecified atom stereocenters. The third kappa shape index (κ3) is 3.06. The Morgan fingerprint density at radius 2 is 2.39 bits per heavy atom. The molecule has 0 radical (unpaired) electrons. The predicted octanol–water partition coefficient (Wildman–Crippen LogP) is 3.11. The number of pyridine rings is 1. The van der Waals surface area contributed by atoms with Gasteiger partial charge in [-0.3, -0.25) is 0 Å². The van der Waals surface area contributed by atoms with Gasteiger partial charge in [0.2, 0.25) is 0 Å². The summed E-state index contributed by atoms with van der Waals surface area (Å²) >= 11 is 5.68. The highest BCUT2D eigenvalue weighted by molar-refractivity contribution is 9.10. The van der Waals surface area contributed by atoms with Crippen LogP contribution < -0.4 is 0 Å². The molecule has 0 fully saturated rings. The fraction of sp³-hybridized carbons (Fsp3) is 0.200. The highest BCUT2D eigenvalue weighted by atomic mass is 79.9. The van der Waals surface area contributed by atoms with Gasteiger partial charge in [0, 0.05) is 17.1 Å². The number of hydrogen-bond acceptors (Lipinski definition) is 6. The molecule has 0 aliphatic carbocycles. The first-order valence-electron chi connectivity index (χ1n) is 4.99. The van der Waals surface area contributed by atoms with Crippen LogP contribution in [0.2, 0.25) is 0 Å². The van der Waals surface area contributed by atoms with Gasteiger partial charge in [-0.25, -0.2) is 14.8 Å². The molecule has 2 heterocycles. The van der Waals surface area contributed by atoms with Crippen molar-refractivity contribution in [2.45, 2.75) is 22.7 Å². The van der Waals surface area contributed by atoms with E-state index in [4.69, 9.17) is 5.11 Å². The topological polar surface area (TPSA) is 76.0 Å². The second-order valence-electron chi connectivity index (χ2n) is 3.24. The second-order valence-corrected chi connectivity index (χ2v) is 6.15. The fourth-order valence-corrected chi connectivity index (χ4v) is 3.17. The van der Waals surface area contributed by atoms with E-state index in [1.54, 1.807) is 6.20 Å². The van der Waals surface area contributed by atoms with Crippen molar-refractivity contribution >= 4 is 45.2 Å². The van der Waals surface area contributed by atoms with Gasteiger partial charge in [0.1, 0.15) is 10.9 Å². The van der Waals surface area contributed by atoms with Crippen LogP contribution in [0.15, 0.2) is 26.1 Å². The third-order valence-electron chi connectivity index (χ3n) is 2.00. The summed E-state index contributed by atoms with van der Waals surface area (Å²) in [5.41, 5.74) is 0.155. The summed E-state index contributed by atoms with van der Waals surface area (Å²) < 4.78 is 5.48. The van der Waals surface area contributed by atoms with E-state index < -0.39 is 5.97 Å². The zero-order valence-corrected chi connectivity index (χ0v) is 12.5. The maximum atomic E-state index is 11.1. The number of hydrogen-bond donors (Lipinski definition) is 1. The average molecular weight is 346 g/mol. The number of aromatic carboxylic acids is 1. The van der Waals surface area contributed by atoms with Crippen LogP contribution in [0.5, 0.6) is 0 Å². The maximum absolute atomic E-state index is 11.1. The molecule has 2 rings (SSSR count). The predicted molar refractivity (Wildman–Crippen MR) is 72.3 cm³/mol. The monoisotopic (exact) mass is 345 g/mol. The lowest BCUT2D eigenvalue weighted by Crippen LogP contribution is -2.00. The summed E-state index contributed by atoms with van der Waals surface area (Å²) in [6.45, 7) is 1.97.